The quantitative estimate of drug-likeness (QED) is 0.658. The lowest BCUT2D eigenvalue weighted by Crippen LogP contribution is -2.50. The van der Waals surface area contributed by atoms with E-state index >= 15 is 0 Å². The van der Waals surface area contributed by atoms with Gasteiger partial charge in [-0.15, -0.1) is 0 Å². The van der Waals surface area contributed by atoms with Gasteiger partial charge in [-0.25, -0.2) is 0 Å². The summed E-state index contributed by atoms with van der Waals surface area (Å²) in [5.74, 6) is 0.497. The number of carbonyl (C=O) groups excluding carboxylic acids is 2. The molecule has 4 rings (SSSR count). The molecular formula is C25H27N3O2. The molecule has 0 aliphatic carbocycles. The van der Waals surface area contributed by atoms with Gasteiger partial charge in [0.25, 0.3) is 11.8 Å². The monoisotopic (exact) mass is 401 g/mol. The van der Waals surface area contributed by atoms with Gasteiger partial charge >= 0.3 is 0 Å². The highest BCUT2D eigenvalue weighted by molar-refractivity contribution is 5.96. The molecule has 0 atom stereocenters. The number of nitrogens with zero attached hydrogens (tertiary/aromatic N) is 3. The fourth-order valence-corrected chi connectivity index (χ4v) is 3.77. The van der Waals surface area contributed by atoms with Crippen molar-refractivity contribution in [1.29, 1.82) is 0 Å². The van der Waals surface area contributed by atoms with E-state index in [-0.39, 0.29) is 11.8 Å². The van der Waals surface area contributed by atoms with E-state index in [0.29, 0.717) is 43.2 Å². The van der Waals surface area contributed by atoms with Gasteiger partial charge in [-0.1, -0.05) is 26.0 Å². The van der Waals surface area contributed by atoms with Gasteiger partial charge in [-0.3, -0.25) is 9.59 Å². The van der Waals surface area contributed by atoms with Crippen LogP contribution in [0.25, 0.3) is 5.69 Å². The standard InChI is InChI=1S/C25H27N3O2/c1-19(2)20-5-7-21(8-6-20)24(29)27-15-17-28(18-16-27)25(30)22-9-11-23(12-10-22)26-13-3-4-14-26/h3-14,19H,15-18H2,1-2H3. The van der Waals surface area contributed by atoms with Crippen LogP contribution in [0.2, 0.25) is 0 Å². The van der Waals surface area contributed by atoms with Crippen molar-refractivity contribution in [3.05, 3.63) is 89.7 Å². The maximum atomic E-state index is 12.9. The summed E-state index contributed by atoms with van der Waals surface area (Å²) < 4.78 is 2.01. The summed E-state index contributed by atoms with van der Waals surface area (Å²) in [7, 11) is 0. The second-order valence-corrected chi connectivity index (χ2v) is 8.00. The van der Waals surface area contributed by atoms with Gasteiger partial charge in [-0.05, 0) is 60.0 Å². The molecule has 5 heteroatoms. The van der Waals surface area contributed by atoms with Crippen molar-refractivity contribution in [2.45, 2.75) is 19.8 Å². The van der Waals surface area contributed by atoms with Gasteiger partial charge in [0, 0.05) is 55.4 Å². The Morgan fingerprint density at radius 3 is 1.57 bits per heavy atom. The number of carbonyl (C=O) groups is 2. The van der Waals surface area contributed by atoms with Crippen molar-refractivity contribution in [2.75, 3.05) is 26.2 Å². The molecule has 0 unspecified atom stereocenters. The largest absolute Gasteiger partial charge is 0.335 e. The van der Waals surface area contributed by atoms with Crippen LogP contribution in [-0.4, -0.2) is 52.4 Å². The third-order valence-electron chi connectivity index (χ3n) is 5.70. The Morgan fingerprint density at radius 2 is 1.13 bits per heavy atom. The molecule has 1 saturated heterocycles. The first-order valence-electron chi connectivity index (χ1n) is 10.4. The van der Waals surface area contributed by atoms with Crippen molar-refractivity contribution < 1.29 is 9.59 Å². The third-order valence-corrected chi connectivity index (χ3v) is 5.70. The average molecular weight is 402 g/mol. The van der Waals surface area contributed by atoms with E-state index in [9.17, 15) is 9.59 Å². The molecule has 30 heavy (non-hydrogen) atoms. The molecule has 1 aromatic heterocycles. The lowest BCUT2D eigenvalue weighted by molar-refractivity contribution is 0.0535. The zero-order chi connectivity index (χ0) is 21.1. The van der Waals surface area contributed by atoms with E-state index in [0.717, 1.165) is 5.69 Å². The van der Waals surface area contributed by atoms with Crippen LogP contribution in [0.1, 0.15) is 46.0 Å². The van der Waals surface area contributed by atoms with Crippen LogP contribution in [-0.2, 0) is 0 Å². The Labute approximate surface area is 177 Å². The molecule has 0 radical (unpaired) electrons. The average Bonchev–Trinajstić information content (AvgIpc) is 3.33. The van der Waals surface area contributed by atoms with Gasteiger partial charge in [0.1, 0.15) is 0 Å². The van der Waals surface area contributed by atoms with Crippen LogP contribution in [0.5, 0.6) is 0 Å². The lowest BCUT2D eigenvalue weighted by atomic mass is 10.0. The molecule has 0 spiro atoms. The Morgan fingerprint density at radius 1 is 0.700 bits per heavy atom. The summed E-state index contributed by atoms with van der Waals surface area (Å²) in [6.07, 6.45) is 3.95. The number of hydrogen-bond acceptors (Lipinski definition) is 2. The van der Waals surface area contributed by atoms with Crippen LogP contribution < -0.4 is 0 Å². The van der Waals surface area contributed by atoms with E-state index in [4.69, 9.17) is 0 Å². The molecule has 0 N–H and O–H groups in total. The van der Waals surface area contributed by atoms with Crippen molar-refractivity contribution in [1.82, 2.24) is 14.4 Å². The summed E-state index contributed by atoms with van der Waals surface area (Å²) in [6, 6.07) is 19.4. The maximum absolute atomic E-state index is 12.9. The molecule has 2 amide bonds. The van der Waals surface area contributed by atoms with E-state index in [1.165, 1.54) is 5.56 Å². The smallest absolute Gasteiger partial charge is 0.253 e. The summed E-state index contributed by atoms with van der Waals surface area (Å²) in [6.45, 7) is 6.49. The first-order valence-corrected chi connectivity index (χ1v) is 10.4. The van der Waals surface area contributed by atoms with Crippen molar-refractivity contribution >= 4 is 11.8 Å². The zero-order valence-electron chi connectivity index (χ0n) is 17.5. The fraction of sp³-hybridized carbons (Fsp3) is 0.280. The van der Waals surface area contributed by atoms with Crippen LogP contribution in [0.15, 0.2) is 73.1 Å². The fourth-order valence-electron chi connectivity index (χ4n) is 3.77. The second-order valence-electron chi connectivity index (χ2n) is 8.00. The highest BCUT2D eigenvalue weighted by Crippen LogP contribution is 2.17. The Balaban J connectivity index is 1.35. The van der Waals surface area contributed by atoms with Gasteiger partial charge in [0.05, 0.1) is 0 Å². The molecule has 0 bridgehead atoms. The molecule has 154 valence electrons. The minimum Gasteiger partial charge on any atom is -0.335 e. The normalized spacial score (nSPS) is 14.2. The molecular weight excluding hydrogens is 374 g/mol. The third kappa shape index (κ3) is 4.15. The Kier molecular flexibility index (Phi) is 5.70. The highest BCUT2D eigenvalue weighted by atomic mass is 16.2. The van der Waals surface area contributed by atoms with Gasteiger partial charge in [0.15, 0.2) is 0 Å². The van der Waals surface area contributed by atoms with Crippen LogP contribution in [0.4, 0.5) is 0 Å². The topological polar surface area (TPSA) is 45.6 Å². The Bertz CT molecular complexity index is 998. The molecule has 3 aromatic rings. The highest BCUT2D eigenvalue weighted by Gasteiger charge is 2.25. The molecule has 1 fully saturated rings. The number of aromatic nitrogens is 1. The maximum Gasteiger partial charge on any atom is 0.253 e. The predicted octanol–water partition coefficient (Wildman–Crippen LogP) is 4.20. The summed E-state index contributed by atoms with van der Waals surface area (Å²) in [5.41, 5.74) is 3.63. The van der Waals surface area contributed by atoms with Gasteiger partial charge in [0.2, 0.25) is 0 Å². The Hall–Kier alpha value is -3.34. The van der Waals surface area contributed by atoms with Crippen molar-refractivity contribution in [2.24, 2.45) is 0 Å². The SMILES string of the molecule is CC(C)c1ccc(C(=O)N2CCN(C(=O)c3ccc(-n4cccc4)cc3)CC2)cc1. The predicted molar refractivity (Wildman–Crippen MR) is 118 cm³/mol. The number of piperazine rings is 1. The van der Waals surface area contributed by atoms with Crippen LogP contribution in [0.3, 0.4) is 0 Å². The van der Waals surface area contributed by atoms with Crippen molar-refractivity contribution in [3.8, 4) is 5.69 Å². The van der Waals surface area contributed by atoms with Crippen molar-refractivity contribution in [3.63, 3.8) is 0 Å². The molecule has 1 aliphatic heterocycles. The number of rotatable bonds is 4. The molecule has 2 aromatic carbocycles. The lowest BCUT2D eigenvalue weighted by Gasteiger charge is -2.35. The molecule has 1 aliphatic rings. The van der Waals surface area contributed by atoms with Crippen LogP contribution >= 0.6 is 0 Å². The molecule has 0 saturated carbocycles. The first kappa shape index (κ1) is 20.0. The number of amides is 2. The second kappa shape index (κ2) is 8.57. The van der Waals surface area contributed by atoms with Gasteiger partial charge in [-0.2, -0.15) is 0 Å². The summed E-state index contributed by atoms with van der Waals surface area (Å²) >= 11 is 0. The number of hydrogen-bond donors (Lipinski definition) is 0. The van der Waals surface area contributed by atoms with E-state index in [1.807, 2.05) is 87.4 Å². The van der Waals surface area contributed by atoms with E-state index in [1.54, 1.807) is 0 Å². The molecule has 5 nitrogen and oxygen atoms in total. The summed E-state index contributed by atoms with van der Waals surface area (Å²) in [5, 5.41) is 0. The summed E-state index contributed by atoms with van der Waals surface area (Å²) in [4.78, 5) is 29.3. The van der Waals surface area contributed by atoms with E-state index < -0.39 is 0 Å². The first-order chi connectivity index (χ1) is 14.5. The van der Waals surface area contributed by atoms with Gasteiger partial charge < -0.3 is 14.4 Å². The minimum atomic E-state index is 0.0161. The zero-order valence-corrected chi connectivity index (χ0v) is 17.5. The number of benzene rings is 2. The molecule has 2 heterocycles. The minimum absolute atomic E-state index is 0.0161. The van der Waals surface area contributed by atoms with E-state index in [2.05, 4.69) is 13.8 Å². The van der Waals surface area contributed by atoms with Crippen LogP contribution in [0, 0.1) is 0 Å².